The van der Waals surface area contributed by atoms with E-state index in [9.17, 15) is 14.9 Å². The summed E-state index contributed by atoms with van der Waals surface area (Å²) in [4.78, 5) is 25.0. The van der Waals surface area contributed by atoms with Gasteiger partial charge in [-0.25, -0.2) is 4.79 Å². The predicted octanol–water partition coefficient (Wildman–Crippen LogP) is 6.16. The summed E-state index contributed by atoms with van der Waals surface area (Å²) < 4.78 is 11.1. The molecule has 0 aliphatic heterocycles. The number of rotatable bonds is 7. The van der Waals surface area contributed by atoms with E-state index in [-0.39, 0.29) is 27.1 Å². The zero-order valence-electron chi connectivity index (χ0n) is 17.5. The van der Waals surface area contributed by atoms with E-state index in [2.05, 4.69) is 5.32 Å². The van der Waals surface area contributed by atoms with Crippen LogP contribution in [0.4, 0.5) is 5.69 Å². The molecule has 3 rings (SSSR count). The topological polar surface area (TPSA) is 88.4 Å². The fourth-order valence-corrected chi connectivity index (χ4v) is 3.15. The van der Waals surface area contributed by atoms with Crippen LogP contribution >= 0.6 is 23.2 Å². The van der Waals surface area contributed by atoms with Crippen molar-refractivity contribution in [2.45, 2.75) is 6.92 Å². The average molecular weight is 481 g/mol. The normalized spacial score (nSPS) is 10.8. The van der Waals surface area contributed by atoms with Gasteiger partial charge in [-0.1, -0.05) is 53.5 Å². The summed E-state index contributed by atoms with van der Waals surface area (Å²) in [6.45, 7) is 2.11. The van der Waals surface area contributed by atoms with Crippen LogP contribution in [0.25, 0.3) is 6.08 Å². The van der Waals surface area contributed by atoms with E-state index in [0.29, 0.717) is 23.5 Å². The van der Waals surface area contributed by atoms with E-state index in [1.807, 2.05) is 6.07 Å². The van der Waals surface area contributed by atoms with Gasteiger partial charge in [-0.15, -0.1) is 0 Å². The highest BCUT2D eigenvalue weighted by Gasteiger charge is 2.15. The summed E-state index contributed by atoms with van der Waals surface area (Å²) in [5.74, 6) is -0.669. The summed E-state index contributed by atoms with van der Waals surface area (Å²) in [5.41, 5.74) is 1.02. The number of halogens is 2. The molecule has 3 aromatic rings. The number of hydrogen-bond acceptors (Lipinski definition) is 5. The van der Waals surface area contributed by atoms with Gasteiger partial charge in [0, 0.05) is 0 Å². The number of amides is 1. The third-order valence-electron chi connectivity index (χ3n) is 4.36. The molecule has 0 atom stereocenters. The Labute approximate surface area is 201 Å². The molecule has 0 heterocycles. The first-order valence-electron chi connectivity index (χ1n) is 9.84. The van der Waals surface area contributed by atoms with Crippen molar-refractivity contribution in [3.05, 3.63) is 93.5 Å². The van der Waals surface area contributed by atoms with Gasteiger partial charge >= 0.3 is 5.97 Å². The minimum absolute atomic E-state index is 0.164. The Balaban J connectivity index is 1.84. The fourth-order valence-electron chi connectivity index (χ4n) is 2.81. The molecule has 6 nitrogen and oxygen atoms in total. The molecule has 0 aliphatic rings. The number of esters is 1. The summed E-state index contributed by atoms with van der Waals surface area (Å²) >= 11 is 12.1. The quantitative estimate of drug-likeness (QED) is 0.189. The number of carbonyl (C=O) groups excluding carboxylic acids is 2. The number of carbonyl (C=O) groups is 2. The van der Waals surface area contributed by atoms with Crippen molar-refractivity contribution >= 4 is 46.8 Å². The van der Waals surface area contributed by atoms with E-state index in [0.717, 1.165) is 0 Å². The van der Waals surface area contributed by atoms with Crippen molar-refractivity contribution in [1.29, 1.82) is 5.26 Å². The maximum absolute atomic E-state index is 12.6. The number of nitrogens with zero attached hydrogens (tertiary/aromatic N) is 1. The van der Waals surface area contributed by atoms with Crippen LogP contribution in [-0.4, -0.2) is 18.5 Å². The van der Waals surface area contributed by atoms with E-state index in [1.165, 1.54) is 6.08 Å². The molecule has 8 heteroatoms. The molecule has 166 valence electrons. The highest BCUT2D eigenvalue weighted by atomic mass is 35.5. The maximum atomic E-state index is 12.6. The maximum Gasteiger partial charge on any atom is 0.343 e. The molecule has 33 heavy (non-hydrogen) atoms. The SMILES string of the molecule is CCOc1cc(/C=C(\C#N)C(=O)Nc2cccc(Cl)c2Cl)ccc1OC(=O)c1ccccc1. The molecular weight excluding hydrogens is 463 g/mol. The molecule has 0 unspecified atom stereocenters. The summed E-state index contributed by atoms with van der Waals surface area (Å²) in [6.07, 6.45) is 1.39. The molecular formula is C25H18Cl2N2O4. The molecule has 3 aromatic carbocycles. The number of anilines is 1. The van der Waals surface area contributed by atoms with Crippen molar-refractivity contribution in [1.82, 2.24) is 0 Å². The highest BCUT2D eigenvalue weighted by molar-refractivity contribution is 6.44. The first kappa shape index (κ1) is 23.9. The first-order valence-corrected chi connectivity index (χ1v) is 10.6. The Bertz CT molecular complexity index is 1250. The third-order valence-corrected chi connectivity index (χ3v) is 5.17. The van der Waals surface area contributed by atoms with Gasteiger partial charge in [0.15, 0.2) is 11.5 Å². The lowest BCUT2D eigenvalue weighted by Gasteiger charge is -2.12. The van der Waals surface area contributed by atoms with Crippen LogP contribution in [0.2, 0.25) is 10.0 Å². The van der Waals surface area contributed by atoms with E-state index in [1.54, 1.807) is 73.7 Å². The second-order valence-corrected chi connectivity index (χ2v) is 7.41. The van der Waals surface area contributed by atoms with Crippen molar-refractivity contribution in [2.75, 3.05) is 11.9 Å². The smallest absolute Gasteiger partial charge is 0.343 e. The van der Waals surface area contributed by atoms with Crippen LogP contribution in [0, 0.1) is 11.3 Å². The lowest BCUT2D eigenvalue weighted by molar-refractivity contribution is -0.112. The van der Waals surface area contributed by atoms with Gasteiger partial charge in [-0.2, -0.15) is 5.26 Å². The first-order chi connectivity index (χ1) is 15.9. The molecule has 0 bridgehead atoms. The highest BCUT2D eigenvalue weighted by Crippen LogP contribution is 2.31. The number of nitrogens with one attached hydrogen (secondary N) is 1. The molecule has 1 N–H and O–H groups in total. The standard InChI is InChI=1S/C25H18Cl2N2O4/c1-2-32-22-14-16(11-12-21(22)33-25(31)17-7-4-3-5-8-17)13-18(15-28)24(30)29-20-10-6-9-19(26)23(20)27/h3-14H,2H2,1H3,(H,29,30)/b18-13+. The van der Waals surface area contributed by atoms with Crippen LogP contribution in [0.15, 0.2) is 72.3 Å². The van der Waals surface area contributed by atoms with Crippen molar-refractivity contribution < 1.29 is 19.1 Å². The molecule has 0 radical (unpaired) electrons. The third kappa shape index (κ3) is 6.13. The molecule has 0 saturated carbocycles. The molecule has 0 aliphatic carbocycles. The summed E-state index contributed by atoms with van der Waals surface area (Å²) in [7, 11) is 0. The fraction of sp³-hybridized carbons (Fsp3) is 0.0800. The van der Waals surface area contributed by atoms with Crippen molar-refractivity contribution in [2.24, 2.45) is 0 Å². The van der Waals surface area contributed by atoms with Gasteiger partial charge in [0.2, 0.25) is 0 Å². The van der Waals surface area contributed by atoms with Crippen LogP contribution in [0.3, 0.4) is 0 Å². The predicted molar refractivity (Wildman–Crippen MR) is 128 cm³/mol. The van der Waals surface area contributed by atoms with E-state index in [4.69, 9.17) is 32.7 Å². The second kappa shape index (κ2) is 11.2. The molecule has 1 amide bonds. The van der Waals surface area contributed by atoms with Gasteiger partial charge in [0.25, 0.3) is 5.91 Å². The lowest BCUT2D eigenvalue weighted by atomic mass is 10.1. The summed E-state index contributed by atoms with van der Waals surface area (Å²) in [5, 5.41) is 12.5. The van der Waals surface area contributed by atoms with Gasteiger partial charge in [-0.3, -0.25) is 4.79 Å². The number of hydrogen-bond donors (Lipinski definition) is 1. The van der Waals surface area contributed by atoms with E-state index >= 15 is 0 Å². The minimum Gasteiger partial charge on any atom is -0.490 e. The number of benzene rings is 3. The Hall–Kier alpha value is -3.79. The Morgan fingerprint density at radius 2 is 1.79 bits per heavy atom. The monoisotopic (exact) mass is 480 g/mol. The number of nitriles is 1. The molecule has 0 aromatic heterocycles. The molecule has 0 saturated heterocycles. The summed E-state index contributed by atoms with van der Waals surface area (Å²) in [6, 6.07) is 19.9. The molecule has 0 fully saturated rings. The average Bonchev–Trinajstić information content (AvgIpc) is 2.82. The van der Waals surface area contributed by atoms with Crippen LogP contribution in [0.5, 0.6) is 11.5 Å². The largest absolute Gasteiger partial charge is 0.490 e. The zero-order chi connectivity index (χ0) is 23.8. The van der Waals surface area contributed by atoms with E-state index < -0.39 is 11.9 Å². The Kier molecular flexibility index (Phi) is 8.09. The Morgan fingerprint density at radius 3 is 2.48 bits per heavy atom. The van der Waals surface area contributed by atoms with Gasteiger partial charge in [0.1, 0.15) is 11.6 Å². The lowest BCUT2D eigenvalue weighted by Crippen LogP contribution is -2.13. The minimum atomic E-state index is -0.654. The van der Waals surface area contributed by atoms with Crippen LogP contribution < -0.4 is 14.8 Å². The van der Waals surface area contributed by atoms with Crippen LogP contribution in [-0.2, 0) is 4.79 Å². The number of ether oxygens (including phenoxy) is 2. The van der Waals surface area contributed by atoms with Crippen LogP contribution in [0.1, 0.15) is 22.8 Å². The van der Waals surface area contributed by atoms with Gasteiger partial charge in [-0.05, 0) is 55.0 Å². The Morgan fingerprint density at radius 1 is 1.03 bits per heavy atom. The van der Waals surface area contributed by atoms with Gasteiger partial charge in [0.05, 0.1) is 27.9 Å². The molecule has 0 spiro atoms. The zero-order valence-corrected chi connectivity index (χ0v) is 19.0. The van der Waals surface area contributed by atoms with Gasteiger partial charge < -0.3 is 14.8 Å². The van der Waals surface area contributed by atoms with Crippen molar-refractivity contribution in [3.63, 3.8) is 0 Å². The second-order valence-electron chi connectivity index (χ2n) is 6.62. The van der Waals surface area contributed by atoms with Crippen molar-refractivity contribution in [3.8, 4) is 17.6 Å².